The van der Waals surface area contributed by atoms with E-state index in [1.165, 1.54) is 34.8 Å². The van der Waals surface area contributed by atoms with Gasteiger partial charge in [-0.2, -0.15) is 0 Å². The summed E-state index contributed by atoms with van der Waals surface area (Å²) >= 11 is 0. The second-order valence-electron chi connectivity index (χ2n) is 6.31. The van der Waals surface area contributed by atoms with E-state index in [9.17, 15) is 18.5 Å². The third-order valence-electron chi connectivity index (χ3n) is 4.13. The Morgan fingerprint density at radius 2 is 1.86 bits per heavy atom. The Labute approximate surface area is 163 Å². The van der Waals surface area contributed by atoms with Gasteiger partial charge in [-0.1, -0.05) is 30.3 Å². The van der Waals surface area contributed by atoms with Crippen molar-refractivity contribution in [3.8, 4) is 0 Å². The summed E-state index contributed by atoms with van der Waals surface area (Å²) in [5.74, 6) is 0.449. The molecule has 0 aromatic heterocycles. The quantitative estimate of drug-likeness (QED) is 0.519. The molecule has 1 heterocycles. The molecule has 3 rings (SSSR count). The number of benzene rings is 2. The van der Waals surface area contributed by atoms with Gasteiger partial charge in [-0.15, -0.1) is 0 Å². The maximum atomic E-state index is 12.9. The Bertz CT molecular complexity index is 958. The van der Waals surface area contributed by atoms with Gasteiger partial charge in [0.2, 0.25) is 0 Å². The van der Waals surface area contributed by atoms with Crippen molar-refractivity contribution in [3.63, 3.8) is 0 Å². The normalized spacial score (nSPS) is 17.0. The first-order chi connectivity index (χ1) is 13.4. The fourth-order valence-electron chi connectivity index (χ4n) is 2.80. The first kappa shape index (κ1) is 19.8. The fraction of sp³-hybridized carbons (Fsp3) is 0.263. The number of nitro benzene ring substituents is 1. The van der Waals surface area contributed by atoms with Crippen molar-refractivity contribution >= 4 is 15.7 Å². The molecule has 2 aromatic carbocycles. The van der Waals surface area contributed by atoms with E-state index in [1.807, 2.05) is 30.3 Å². The maximum absolute atomic E-state index is 12.9. The van der Waals surface area contributed by atoms with E-state index < -0.39 is 21.1 Å². The summed E-state index contributed by atoms with van der Waals surface area (Å²) in [6, 6.07) is 14.4. The van der Waals surface area contributed by atoms with E-state index in [0.717, 1.165) is 5.56 Å². The molecule has 0 fully saturated rings. The van der Waals surface area contributed by atoms with E-state index >= 15 is 0 Å². The number of hydrogen-bond donors (Lipinski definition) is 0. The van der Waals surface area contributed by atoms with Crippen LogP contribution in [0.5, 0.6) is 0 Å². The van der Waals surface area contributed by atoms with Crippen LogP contribution in [0, 0.1) is 10.1 Å². The molecule has 2 aromatic rings. The lowest BCUT2D eigenvalue weighted by Crippen LogP contribution is -2.40. The average Bonchev–Trinajstić information content (AvgIpc) is 2.68. The molecule has 9 heteroatoms. The third-order valence-corrected chi connectivity index (χ3v) is 5.87. The minimum Gasteiger partial charge on any atom is -0.489 e. The zero-order valence-corrected chi connectivity index (χ0v) is 16.0. The van der Waals surface area contributed by atoms with Crippen molar-refractivity contribution in [2.45, 2.75) is 24.5 Å². The topological polar surface area (TPSA) is 99.0 Å². The minimum atomic E-state index is -3.85. The van der Waals surface area contributed by atoms with Crippen LogP contribution in [-0.4, -0.2) is 36.9 Å². The zero-order valence-electron chi connectivity index (χ0n) is 15.2. The van der Waals surface area contributed by atoms with Crippen LogP contribution in [0.3, 0.4) is 0 Å². The molecule has 0 aliphatic carbocycles. The fourth-order valence-corrected chi connectivity index (χ4v) is 4.20. The van der Waals surface area contributed by atoms with Gasteiger partial charge in [0.1, 0.15) is 11.9 Å². The standard InChI is InChI=1S/C19H20N2O6S/c1-15-11-20(28(24,25)19-9-7-17(8-10-19)21(22)23)12-18(27-15)14-26-13-16-5-3-2-4-6-16/h2-11,18H,12-14H2,1H3/t18-/m1/s1. The Kier molecular flexibility index (Phi) is 5.96. The molecule has 0 saturated carbocycles. The summed E-state index contributed by atoms with van der Waals surface area (Å²) in [6.07, 6.45) is 0.950. The number of nitro groups is 1. The summed E-state index contributed by atoms with van der Waals surface area (Å²) in [6.45, 7) is 2.39. The lowest BCUT2D eigenvalue weighted by Gasteiger charge is -2.31. The Morgan fingerprint density at radius 1 is 1.18 bits per heavy atom. The number of hydrogen-bond acceptors (Lipinski definition) is 6. The van der Waals surface area contributed by atoms with Gasteiger partial charge in [0.15, 0.2) is 0 Å². The van der Waals surface area contributed by atoms with Crippen LogP contribution in [0.15, 0.2) is 71.5 Å². The highest BCUT2D eigenvalue weighted by molar-refractivity contribution is 7.89. The van der Waals surface area contributed by atoms with Gasteiger partial charge in [-0.3, -0.25) is 14.4 Å². The van der Waals surface area contributed by atoms with E-state index in [-0.39, 0.29) is 23.7 Å². The molecule has 1 aliphatic rings. The number of non-ortho nitro benzene ring substituents is 1. The number of rotatable bonds is 7. The van der Waals surface area contributed by atoms with Crippen molar-refractivity contribution in [2.24, 2.45) is 0 Å². The van der Waals surface area contributed by atoms with Crippen molar-refractivity contribution in [1.29, 1.82) is 0 Å². The molecule has 0 N–H and O–H groups in total. The molecule has 1 aliphatic heterocycles. The van der Waals surface area contributed by atoms with Gasteiger partial charge in [-0.25, -0.2) is 8.42 Å². The molecule has 8 nitrogen and oxygen atoms in total. The molecule has 0 spiro atoms. The Hall–Kier alpha value is -2.91. The molecular weight excluding hydrogens is 384 g/mol. The molecule has 28 heavy (non-hydrogen) atoms. The highest BCUT2D eigenvalue weighted by atomic mass is 32.2. The van der Waals surface area contributed by atoms with Crippen LogP contribution in [0.2, 0.25) is 0 Å². The van der Waals surface area contributed by atoms with Gasteiger partial charge in [0, 0.05) is 12.1 Å². The molecule has 0 bridgehead atoms. The van der Waals surface area contributed by atoms with E-state index in [2.05, 4.69) is 0 Å². The van der Waals surface area contributed by atoms with Crippen LogP contribution < -0.4 is 0 Å². The monoisotopic (exact) mass is 404 g/mol. The van der Waals surface area contributed by atoms with Crippen LogP contribution in [0.1, 0.15) is 12.5 Å². The SMILES string of the molecule is CC1=CN(S(=O)(=O)c2ccc([N+](=O)[O-])cc2)C[C@H](COCc2ccccc2)O1. The first-order valence-electron chi connectivity index (χ1n) is 8.59. The first-order valence-corrected chi connectivity index (χ1v) is 10.0. The minimum absolute atomic E-state index is 0.0204. The van der Waals surface area contributed by atoms with Gasteiger partial charge in [0.05, 0.1) is 35.8 Å². The van der Waals surface area contributed by atoms with Crippen molar-refractivity contribution in [2.75, 3.05) is 13.2 Å². The van der Waals surface area contributed by atoms with Crippen LogP contribution >= 0.6 is 0 Å². The van der Waals surface area contributed by atoms with Gasteiger partial charge in [-0.05, 0) is 24.6 Å². The van der Waals surface area contributed by atoms with Crippen LogP contribution in [-0.2, 0) is 26.1 Å². The summed E-state index contributed by atoms with van der Waals surface area (Å²) in [5.41, 5.74) is 0.848. The lowest BCUT2D eigenvalue weighted by molar-refractivity contribution is -0.384. The predicted octanol–water partition coefficient (Wildman–Crippen LogP) is 3.06. The van der Waals surface area contributed by atoms with Crippen molar-refractivity contribution in [3.05, 3.63) is 82.2 Å². The molecular formula is C19H20N2O6S. The Morgan fingerprint density at radius 3 is 2.50 bits per heavy atom. The second-order valence-corrected chi connectivity index (χ2v) is 8.20. The van der Waals surface area contributed by atoms with E-state index in [1.54, 1.807) is 6.92 Å². The number of nitrogens with zero attached hydrogens (tertiary/aromatic N) is 2. The molecule has 148 valence electrons. The molecule has 0 radical (unpaired) electrons. The molecule has 0 amide bonds. The van der Waals surface area contributed by atoms with Gasteiger partial charge >= 0.3 is 0 Å². The average molecular weight is 404 g/mol. The molecule has 0 saturated heterocycles. The third kappa shape index (κ3) is 4.68. The van der Waals surface area contributed by atoms with Gasteiger partial charge in [0.25, 0.3) is 15.7 Å². The van der Waals surface area contributed by atoms with E-state index in [4.69, 9.17) is 9.47 Å². The van der Waals surface area contributed by atoms with Crippen molar-refractivity contribution < 1.29 is 22.8 Å². The predicted molar refractivity (Wildman–Crippen MR) is 102 cm³/mol. The molecule has 0 unspecified atom stereocenters. The second kappa shape index (κ2) is 8.41. The lowest BCUT2D eigenvalue weighted by atomic mass is 10.2. The smallest absolute Gasteiger partial charge is 0.269 e. The molecule has 1 atom stereocenters. The Balaban J connectivity index is 1.67. The number of ether oxygens (including phenoxy) is 2. The van der Waals surface area contributed by atoms with Crippen molar-refractivity contribution in [1.82, 2.24) is 4.31 Å². The van der Waals surface area contributed by atoms with E-state index in [0.29, 0.717) is 12.4 Å². The number of sulfonamides is 1. The van der Waals surface area contributed by atoms with Crippen LogP contribution in [0.4, 0.5) is 5.69 Å². The number of allylic oxidation sites excluding steroid dienone is 1. The highest BCUT2D eigenvalue weighted by Gasteiger charge is 2.30. The largest absolute Gasteiger partial charge is 0.489 e. The van der Waals surface area contributed by atoms with Crippen LogP contribution in [0.25, 0.3) is 0 Å². The summed E-state index contributed by atoms with van der Waals surface area (Å²) in [7, 11) is -3.85. The van der Waals surface area contributed by atoms with Gasteiger partial charge < -0.3 is 9.47 Å². The zero-order chi connectivity index (χ0) is 20.1. The summed E-state index contributed by atoms with van der Waals surface area (Å²) in [5, 5.41) is 10.8. The highest BCUT2D eigenvalue weighted by Crippen LogP contribution is 2.24. The summed E-state index contributed by atoms with van der Waals surface area (Å²) in [4.78, 5) is 10.2. The maximum Gasteiger partial charge on any atom is 0.269 e. The summed E-state index contributed by atoms with van der Waals surface area (Å²) < 4.78 is 38.3.